The molecule has 2 aliphatic rings. The molecule has 5 rings (SSSR count). The monoisotopic (exact) mass is 556 g/mol. The molecule has 0 amide bonds. The predicted octanol–water partition coefficient (Wildman–Crippen LogP) is 1.90. The third kappa shape index (κ3) is 4.83. The number of anilines is 1. The number of halogens is 1. The highest BCUT2D eigenvalue weighted by Crippen LogP contribution is 2.58. The Kier molecular flexibility index (Phi) is 6.94. The molecule has 0 aliphatic carbocycles. The Morgan fingerprint density at radius 1 is 1.41 bits per heavy atom. The number of nitrogens with one attached hydrogen (secondary N) is 1. The molecule has 37 heavy (non-hydrogen) atoms. The number of nitrogen functional groups attached to an aromatic ring is 1. The summed E-state index contributed by atoms with van der Waals surface area (Å²) in [5.74, 6) is -0.121. The Hall–Kier alpha value is -2.32. The standard InChI is InChI=1S/C22H26ClN4O9P/c1-22(30)17(28)15(35-20(22)27-7-6-13-18(27)25-21(24)26-19(13)29)10-34-37(31)33-9-14(32-2)16(36-37)11-4-3-5-12(23)8-11/h3-8,14-17,20,28,30H,9-10H2,1-2H3,(H3,24,25,26,29)/t14-,15-,16-,17-,20-,22-,37-/m1/s1. The number of aliphatic hydroxyl groups excluding tert-OH is 1. The zero-order valence-corrected chi connectivity index (χ0v) is 21.5. The molecule has 2 aromatic heterocycles. The summed E-state index contributed by atoms with van der Waals surface area (Å²) in [6.45, 7) is 0.829. The van der Waals surface area contributed by atoms with Crippen LogP contribution in [0.4, 0.5) is 5.95 Å². The molecule has 0 unspecified atom stereocenters. The van der Waals surface area contributed by atoms with E-state index in [1.165, 1.54) is 30.9 Å². The van der Waals surface area contributed by atoms with Crippen molar-refractivity contribution in [2.75, 3.05) is 26.1 Å². The first-order valence-corrected chi connectivity index (χ1v) is 13.1. The summed E-state index contributed by atoms with van der Waals surface area (Å²) in [5, 5.41) is 22.6. The second-order valence-corrected chi connectivity index (χ2v) is 11.1. The highest BCUT2D eigenvalue weighted by Gasteiger charge is 2.54. The molecule has 4 heterocycles. The van der Waals surface area contributed by atoms with Crippen molar-refractivity contribution < 1.29 is 37.8 Å². The first-order valence-electron chi connectivity index (χ1n) is 11.3. The van der Waals surface area contributed by atoms with Crippen LogP contribution >= 0.6 is 19.4 Å². The minimum absolute atomic E-state index is 0.0869. The predicted molar refractivity (Wildman–Crippen MR) is 131 cm³/mol. The van der Waals surface area contributed by atoms with Crippen molar-refractivity contribution >= 4 is 36.4 Å². The van der Waals surface area contributed by atoms with E-state index in [4.69, 9.17) is 40.4 Å². The summed E-state index contributed by atoms with van der Waals surface area (Å²) in [5.41, 5.74) is 4.14. The van der Waals surface area contributed by atoms with Gasteiger partial charge in [-0.3, -0.25) is 23.3 Å². The fourth-order valence-corrected chi connectivity index (χ4v) is 6.09. The highest BCUT2D eigenvalue weighted by molar-refractivity contribution is 7.48. The molecule has 2 fully saturated rings. The summed E-state index contributed by atoms with van der Waals surface area (Å²) in [6, 6.07) is 8.31. The molecule has 13 nitrogen and oxygen atoms in total. The molecule has 5 N–H and O–H groups in total. The fraction of sp³-hybridized carbons (Fsp3) is 0.455. The number of rotatable bonds is 6. The molecule has 0 spiro atoms. The molecule has 7 atom stereocenters. The van der Waals surface area contributed by atoms with Crippen LogP contribution in [0, 0.1) is 0 Å². The number of phosphoric acid groups is 1. The summed E-state index contributed by atoms with van der Waals surface area (Å²) in [7, 11) is -2.66. The van der Waals surface area contributed by atoms with Gasteiger partial charge in [0.2, 0.25) is 5.95 Å². The van der Waals surface area contributed by atoms with E-state index in [0.29, 0.717) is 10.6 Å². The lowest BCUT2D eigenvalue weighted by molar-refractivity contribution is -0.0990. The van der Waals surface area contributed by atoms with Gasteiger partial charge in [-0.2, -0.15) is 4.98 Å². The lowest BCUT2D eigenvalue weighted by Crippen LogP contribution is -2.44. The van der Waals surface area contributed by atoms with E-state index in [2.05, 4.69) is 9.97 Å². The quantitative estimate of drug-likeness (QED) is 0.325. The largest absolute Gasteiger partial charge is 0.475 e. The fourth-order valence-electron chi connectivity index (χ4n) is 4.50. The van der Waals surface area contributed by atoms with Crippen LogP contribution in [0.2, 0.25) is 5.02 Å². The van der Waals surface area contributed by atoms with Crippen molar-refractivity contribution in [3.05, 3.63) is 57.5 Å². The van der Waals surface area contributed by atoms with Crippen molar-refractivity contribution in [2.24, 2.45) is 0 Å². The van der Waals surface area contributed by atoms with Gasteiger partial charge < -0.3 is 30.0 Å². The maximum Gasteiger partial charge on any atom is 0.475 e. The first-order chi connectivity index (χ1) is 17.5. The van der Waals surface area contributed by atoms with Crippen molar-refractivity contribution in [3.63, 3.8) is 0 Å². The SMILES string of the molecule is CO[C@@H]1CO[P@](=O)(OC[C@H]2O[C@@H](n3ccc4c(=O)[nH]c(N)nc43)[C@](C)(O)[C@@H]2O)O[C@@H]1c1cccc(Cl)c1. The number of ether oxygens (including phenoxy) is 2. The van der Waals surface area contributed by atoms with Gasteiger partial charge in [0, 0.05) is 18.3 Å². The Morgan fingerprint density at radius 3 is 2.92 bits per heavy atom. The van der Waals surface area contributed by atoms with Gasteiger partial charge in [-0.25, -0.2) is 4.57 Å². The van der Waals surface area contributed by atoms with Crippen molar-refractivity contribution in [1.82, 2.24) is 14.5 Å². The number of aromatic amines is 1. The average Bonchev–Trinajstić information content (AvgIpc) is 3.36. The van der Waals surface area contributed by atoms with Crippen molar-refractivity contribution in [3.8, 4) is 0 Å². The van der Waals surface area contributed by atoms with Crippen LogP contribution in [0.25, 0.3) is 11.0 Å². The molecular formula is C22H26ClN4O9P. The van der Waals surface area contributed by atoms with Gasteiger partial charge in [-0.1, -0.05) is 23.7 Å². The van der Waals surface area contributed by atoms with Crippen LogP contribution in [-0.2, 0) is 27.6 Å². The third-order valence-electron chi connectivity index (χ3n) is 6.46. The van der Waals surface area contributed by atoms with Crippen LogP contribution in [0.1, 0.15) is 24.8 Å². The number of nitrogens with two attached hydrogens (primary N) is 1. The summed E-state index contributed by atoms with van der Waals surface area (Å²) < 4.78 is 42.6. The number of methoxy groups -OCH3 is 1. The van der Waals surface area contributed by atoms with Gasteiger partial charge in [0.1, 0.15) is 30.0 Å². The van der Waals surface area contributed by atoms with Crippen molar-refractivity contribution in [2.45, 2.75) is 43.2 Å². The smallest absolute Gasteiger partial charge is 0.387 e. The zero-order chi connectivity index (χ0) is 26.5. The third-order valence-corrected chi connectivity index (χ3v) is 8.11. The zero-order valence-electron chi connectivity index (χ0n) is 19.8. The number of nitrogens with zero attached hydrogens (tertiary/aromatic N) is 2. The number of fused-ring (bicyclic) bond motifs is 1. The average molecular weight is 557 g/mol. The Morgan fingerprint density at radius 2 is 2.19 bits per heavy atom. The Labute approximate surface area is 215 Å². The molecular weight excluding hydrogens is 531 g/mol. The number of hydrogen-bond donors (Lipinski definition) is 4. The van der Waals surface area contributed by atoms with Crippen LogP contribution in [-0.4, -0.2) is 69.0 Å². The minimum Gasteiger partial charge on any atom is -0.387 e. The van der Waals surface area contributed by atoms with E-state index in [9.17, 15) is 19.6 Å². The molecule has 0 saturated carbocycles. The van der Waals surface area contributed by atoms with E-state index in [0.717, 1.165) is 0 Å². The molecule has 2 aliphatic heterocycles. The summed E-state index contributed by atoms with van der Waals surface area (Å²) >= 11 is 6.10. The molecule has 200 valence electrons. The van der Waals surface area contributed by atoms with E-state index in [-0.39, 0.29) is 23.6 Å². The molecule has 2 saturated heterocycles. The maximum absolute atomic E-state index is 13.3. The van der Waals surface area contributed by atoms with E-state index in [1.54, 1.807) is 24.3 Å². The van der Waals surface area contributed by atoms with Crippen LogP contribution in [0.3, 0.4) is 0 Å². The second kappa shape index (κ2) is 9.77. The highest BCUT2D eigenvalue weighted by atomic mass is 35.5. The molecule has 1 aromatic carbocycles. The van der Waals surface area contributed by atoms with Gasteiger partial charge >= 0.3 is 7.82 Å². The van der Waals surface area contributed by atoms with E-state index < -0.39 is 56.2 Å². The lowest BCUT2D eigenvalue weighted by atomic mass is 9.96. The van der Waals surface area contributed by atoms with Crippen LogP contribution in [0.15, 0.2) is 41.3 Å². The van der Waals surface area contributed by atoms with Gasteiger partial charge in [0.15, 0.2) is 11.9 Å². The second-order valence-electron chi connectivity index (χ2n) is 9.00. The maximum atomic E-state index is 13.3. The molecule has 0 radical (unpaired) electrons. The molecule has 3 aromatic rings. The first kappa shape index (κ1) is 26.3. The molecule has 0 bridgehead atoms. The van der Waals surface area contributed by atoms with Gasteiger partial charge in [-0.15, -0.1) is 0 Å². The van der Waals surface area contributed by atoms with E-state index in [1.807, 2.05) is 0 Å². The van der Waals surface area contributed by atoms with Crippen LogP contribution in [0.5, 0.6) is 0 Å². The topological polar surface area (TPSA) is 180 Å². The minimum atomic E-state index is -4.13. The number of hydrogen-bond acceptors (Lipinski definition) is 11. The number of benzene rings is 1. The van der Waals surface area contributed by atoms with Gasteiger partial charge in [0.05, 0.1) is 18.6 Å². The van der Waals surface area contributed by atoms with E-state index >= 15 is 0 Å². The Balaban J connectivity index is 1.34. The summed E-state index contributed by atoms with van der Waals surface area (Å²) in [4.78, 5) is 18.7. The molecule has 15 heteroatoms. The van der Waals surface area contributed by atoms with Gasteiger partial charge in [0.25, 0.3) is 5.56 Å². The van der Waals surface area contributed by atoms with Crippen molar-refractivity contribution in [1.29, 1.82) is 0 Å². The van der Waals surface area contributed by atoms with Crippen LogP contribution < -0.4 is 11.3 Å². The summed E-state index contributed by atoms with van der Waals surface area (Å²) in [6.07, 6.45) is -3.67. The number of H-pyrrole nitrogens is 1. The Bertz CT molecular complexity index is 1410. The van der Waals surface area contributed by atoms with Gasteiger partial charge in [-0.05, 0) is 30.7 Å². The normalized spacial score (nSPS) is 34.2. The number of aliphatic hydroxyl groups is 2. The number of phosphoric ester groups is 1. The number of aromatic nitrogens is 3. The lowest BCUT2D eigenvalue weighted by Gasteiger charge is -2.35.